The Morgan fingerprint density at radius 2 is 1.78 bits per heavy atom. The van der Waals surface area contributed by atoms with E-state index in [1.165, 1.54) is 49.0 Å². The number of nitrogens with zero attached hydrogens (tertiary/aromatic N) is 3. The Labute approximate surface area is 164 Å². The van der Waals surface area contributed by atoms with E-state index in [2.05, 4.69) is 65.2 Å². The summed E-state index contributed by atoms with van der Waals surface area (Å²) in [5.41, 5.74) is 5.04. The molecule has 1 aromatic heterocycles. The molecule has 1 saturated heterocycles. The summed E-state index contributed by atoms with van der Waals surface area (Å²) in [6.45, 7) is 11.2. The third-order valence-electron chi connectivity index (χ3n) is 5.31. The lowest BCUT2D eigenvalue weighted by Gasteiger charge is -2.26. The molecule has 0 atom stereocenters. The van der Waals surface area contributed by atoms with Gasteiger partial charge in [-0.3, -0.25) is 0 Å². The Kier molecular flexibility index (Phi) is 7.22. The van der Waals surface area contributed by atoms with Crippen molar-refractivity contribution in [3.05, 3.63) is 53.0 Å². The molecule has 0 radical (unpaired) electrons. The number of hydrogen-bond donors (Lipinski definition) is 1. The summed E-state index contributed by atoms with van der Waals surface area (Å²) in [6.07, 6.45) is 7.66. The topological polar surface area (TPSA) is 41.1 Å². The van der Waals surface area contributed by atoms with Gasteiger partial charge in [-0.05, 0) is 50.8 Å². The number of rotatable bonds is 8. The zero-order valence-corrected chi connectivity index (χ0v) is 17.2. The fourth-order valence-electron chi connectivity index (χ4n) is 3.79. The van der Waals surface area contributed by atoms with Gasteiger partial charge in [-0.15, -0.1) is 0 Å². The quantitative estimate of drug-likeness (QED) is 0.748. The second kappa shape index (κ2) is 9.84. The number of likely N-dealkylation sites (tertiary alicyclic amines) is 1. The summed E-state index contributed by atoms with van der Waals surface area (Å²) in [4.78, 5) is 11.8. The number of piperidine rings is 1. The number of anilines is 1. The Hall–Kier alpha value is -1.94. The molecule has 1 N–H and O–H groups in total. The highest BCUT2D eigenvalue weighted by molar-refractivity contribution is 5.47. The molecule has 2 heterocycles. The van der Waals surface area contributed by atoms with Gasteiger partial charge in [0, 0.05) is 25.1 Å². The molecule has 2 aromatic rings. The van der Waals surface area contributed by atoms with Crippen molar-refractivity contribution in [2.24, 2.45) is 5.92 Å². The van der Waals surface area contributed by atoms with E-state index in [-0.39, 0.29) is 0 Å². The number of aryl methyl sites for hydroxylation is 1. The van der Waals surface area contributed by atoms with E-state index in [9.17, 15) is 0 Å². The average Bonchev–Trinajstić information content (AvgIpc) is 2.66. The largest absolute Gasteiger partial charge is 0.368 e. The van der Waals surface area contributed by atoms with E-state index in [1.54, 1.807) is 6.33 Å². The Balaban J connectivity index is 1.70. The maximum atomic E-state index is 4.65. The first-order valence-electron chi connectivity index (χ1n) is 10.5. The lowest BCUT2D eigenvalue weighted by atomic mass is 9.98. The first-order valence-corrected chi connectivity index (χ1v) is 10.5. The molecule has 4 heteroatoms. The highest BCUT2D eigenvalue weighted by atomic mass is 15.1. The van der Waals surface area contributed by atoms with Crippen LogP contribution in [0.4, 0.5) is 5.82 Å². The third-order valence-corrected chi connectivity index (χ3v) is 5.31. The van der Waals surface area contributed by atoms with Crippen molar-refractivity contribution in [1.82, 2.24) is 14.9 Å². The van der Waals surface area contributed by atoms with E-state index >= 15 is 0 Å². The van der Waals surface area contributed by atoms with Gasteiger partial charge in [0.25, 0.3) is 0 Å². The standard InChI is InChI=1S/C23H34N4/c1-18(2)15-21-22(16-20-9-7-19(3)8-10-20)25-17-26-23(21)24-11-14-27-12-5-4-6-13-27/h7-10,17-18H,4-6,11-16H2,1-3H3,(H,24,25,26). The van der Waals surface area contributed by atoms with E-state index in [0.29, 0.717) is 5.92 Å². The van der Waals surface area contributed by atoms with Crippen molar-refractivity contribution < 1.29 is 0 Å². The zero-order valence-electron chi connectivity index (χ0n) is 17.2. The second-order valence-corrected chi connectivity index (χ2v) is 8.24. The predicted molar refractivity (Wildman–Crippen MR) is 113 cm³/mol. The van der Waals surface area contributed by atoms with Crippen LogP contribution in [0.15, 0.2) is 30.6 Å². The number of nitrogens with one attached hydrogen (secondary N) is 1. The fraction of sp³-hybridized carbons (Fsp3) is 0.565. The van der Waals surface area contributed by atoms with Crippen LogP contribution < -0.4 is 5.32 Å². The van der Waals surface area contributed by atoms with E-state index in [4.69, 9.17) is 0 Å². The van der Waals surface area contributed by atoms with Gasteiger partial charge in [0.2, 0.25) is 0 Å². The summed E-state index contributed by atoms with van der Waals surface area (Å²) in [6, 6.07) is 8.77. The molecular weight excluding hydrogens is 332 g/mol. The molecule has 3 rings (SSSR count). The van der Waals surface area contributed by atoms with Crippen molar-refractivity contribution in [3.63, 3.8) is 0 Å². The van der Waals surface area contributed by atoms with Crippen LogP contribution in [-0.4, -0.2) is 41.0 Å². The normalized spacial score (nSPS) is 15.3. The molecule has 0 saturated carbocycles. The van der Waals surface area contributed by atoms with Crippen LogP contribution in [0.2, 0.25) is 0 Å². The van der Waals surface area contributed by atoms with Gasteiger partial charge in [-0.1, -0.05) is 50.1 Å². The predicted octanol–water partition coefficient (Wildman–Crippen LogP) is 4.47. The average molecular weight is 367 g/mol. The van der Waals surface area contributed by atoms with Crippen molar-refractivity contribution in [1.29, 1.82) is 0 Å². The lowest BCUT2D eigenvalue weighted by Crippen LogP contribution is -2.34. The zero-order chi connectivity index (χ0) is 19.1. The maximum Gasteiger partial charge on any atom is 0.132 e. The molecule has 1 aromatic carbocycles. The van der Waals surface area contributed by atoms with Crippen molar-refractivity contribution in [2.45, 2.75) is 52.9 Å². The van der Waals surface area contributed by atoms with Gasteiger partial charge >= 0.3 is 0 Å². The van der Waals surface area contributed by atoms with Gasteiger partial charge < -0.3 is 10.2 Å². The van der Waals surface area contributed by atoms with Crippen LogP contribution in [0, 0.1) is 12.8 Å². The minimum Gasteiger partial charge on any atom is -0.368 e. The Morgan fingerprint density at radius 3 is 2.48 bits per heavy atom. The molecule has 27 heavy (non-hydrogen) atoms. The molecule has 1 aliphatic heterocycles. The highest BCUT2D eigenvalue weighted by Gasteiger charge is 2.15. The molecule has 0 bridgehead atoms. The smallest absolute Gasteiger partial charge is 0.132 e. The molecule has 146 valence electrons. The molecule has 0 spiro atoms. The van der Waals surface area contributed by atoms with E-state index in [1.807, 2.05) is 0 Å². The number of aromatic nitrogens is 2. The van der Waals surface area contributed by atoms with Crippen LogP contribution in [0.25, 0.3) is 0 Å². The monoisotopic (exact) mass is 366 g/mol. The Bertz CT molecular complexity index is 703. The minimum absolute atomic E-state index is 0.579. The molecule has 0 amide bonds. The molecule has 0 aliphatic carbocycles. The van der Waals surface area contributed by atoms with Crippen molar-refractivity contribution in [3.8, 4) is 0 Å². The molecule has 1 fully saturated rings. The Morgan fingerprint density at radius 1 is 1.04 bits per heavy atom. The van der Waals surface area contributed by atoms with Crippen LogP contribution in [0.5, 0.6) is 0 Å². The van der Waals surface area contributed by atoms with Gasteiger partial charge in [0.05, 0.1) is 5.69 Å². The molecule has 4 nitrogen and oxygen atoms in total. The fourth-order valence-corrected chi connectivity index (χ4v) is 3.79. The number of hydrogen-bond acceptors (Lipinski definition) is 4. The second-order valence-electron chi connectivity index (χ2n) is 8.24. The van der Waals surface area contributed by atoms with Gasteiger partial charge in [0.15, 0.2) is 0 Å². The van der Waals surface area contributed by atoms with Crippen molar-refractivity contribution in [2.75, 3.05) is 31.5 Å². The first-order chi connectivity index (χ1) is 13.1. The van der Waals surface area contributed by atoms with Crippen molar-refractivity contribution >= 4 is 5.82 Å². The van der Waals surface area contributed by atoms with Gasteiger partial charge in [-0.25, -0.2) is 9.97 Å². The van der Waals surface area contributed by atoms with Crippen LogP contribution in [0.1, 0.15) is 55.5 Å². The summed E-state index contributed by atoms with van der Waals surface area (Å²) in [7, 11) is 0. The van der Waals surface area contributed by atoms with Gasteiger partial charge in [-0.2, -0.15) is 0 Å². The van der Waals surface area contributed by atoms with Crippen LogP contribution in [0.3, 0.4) is 0 Å². The van der Waals surface area contributed by atoms with Crippen LogP contribution in [-0.2, 0) is 12.8 Å². The lowest BCUT2D eigenvalue weighted by molar-refractivity contribution is 0.237. The maximum absolute atomic E-state index is 4.65. The molecule has 1 aliphatic rings. The van der Waals surface area contributed by atoms with Crippen LogP contribution >= 0.6 is 0 Å². The highest BCUT2D eigenvalue weighted by Crippen LogP contribution is 2.22. The number of benzene rings is 1. The minimum atomic E-state index is 0.579. The summed E-state index contributed by atoms with van der Waals surface area (Å²) >= 11 is 0. The first kappa shape index (κ1) is 19.8. The third kappa shape index (κ3) is 6.03. The van der Waals surface area contributed by atoms with E-state index < -0.39 is 0 Å². The molecule has 0 unspecified atom stereocenters. The molecular formula is C23H34N4. The SMILES string of the molecule is Cc1ccc(Cc2ncnc(NCCN3CCCCC3)c2CC(C)C)cc1. The van der Waals surface area contributed by atoms with Gasteiger partial charge in [0.1, 0.15) is 12.1 Å². The summed E-state index contributed by atoms with van der Waals surface area (Å²) in [5, 5.41) is 3.61. The van der Waals surface area contributed by atoms with E-state index in [0.717, 1.165) is 37.4 Å². The summed E-state index contributed by atoms with van der Waals surface area (Å²) < 4.78 is 0. The summed E-state index contributed by atoms with van der Waals surface area (Å²) in [5.74, 6) is 1.60.